The Morgan fingerprint density at radius 1 is 0.903 bits per heavy atom. The van der Waals surface area contributed by atoms with Crippen LogP contribution in [-0.4, -0.2) is 36.6 Å². The lowest BCUT2D eigenvalue weighted by atomic mass is 10.3. The van der Waals surface area contributed by atoms with Crippen molar-refractivity contribution in [1.29, 1.82) is 0 Å². The van der Waals surface area contributed by atoms with E-state index >= 15 is 0 Å². The van der Waals surface area contributed by atoms with Crippen molar-refractivity contribution >= 4 is 19.5 Å². The van der Waals surface area contributed by atoms with Crippen molar-refractivity contribution in [2.24, 2.45) is 0 Å². The Labute approximate surface area is 174 Å². The van der Waals surface area contributed by atoms with Gasteiger partial charge in [0.25, 0.3) is 0 Å². The summed E-state index contributed by atoms with van der Waals surface area (Å²) in [4.78, 5) is 41.1. The average molecular weight is 456 g/mol. The van der Waals surface area contributed by atoms with E-state index < -0.39 is 44.2 Å². The average Bonchev–Trinajstić information content (AvgIpc) is 3.30. The van der Waals surface area contributed by atoms with Gasteiger partial charge in [-0.05, 0) is 25.0 Å². The second kappa shape index (κ2) is 8.49. The van der Waals surface area contributed by atoms with Crippen LogP contribution in [0.3, 0.4) is 0 Å². The molecule has 14 nitrogen and oxygen atoms in total. The first-order valence-corrected chi connectivity index (χ1v) is 10.9. The van der Waals surface area contributed by atoms with Gasteiger partial charge in [0.1, 0.15) is 24.1 Å². The molecule has 4 heterocycles. The van der Waals surface area contributed by atoms with Crippen LogP contribution in [0.2, 0.25) is 0 Å². The minimum absolute atomic E-state index is 0.0761. The smallest absolute Gasteiger partial charge is 0.383 e. The molecule has 168 valence electrons. The van der Waals surface area contributed by atoms with Crippen molar-refractivity contribution in [3.05, 3.63) is 45.5 Å². The van der Waals surface area contributed by atoms with Gasteiger partial charge in [-0.15, -0.1) is 0 Å². The topological polar surface area (TPSA) is 196 Å². The largest absolute Gasteiger partial charge is 0.476 e. The highest BCUT2D eigenvalue weighted by Gasteiger charge is 2.39. The maximum absolute atomic E-state index is 12.4. The lowest BCUT2D eigenvalue weighted by Gasteiger charge is -2.21. The molecule has 4 rings (SSSR count). The standard InChI is InChI=1S/C16H21N6O8P/c17-9-5-7-21(15(23)19-9)11-1-3-13(27-11)29-31(25,26)30-14-4-2-12(28-14)22-8-6-10(18)20-16(22)24/h5-8,11-14H,1-4H2,(H,25,26)(H2,17,19,23)(H2,18,20,24)/t11-,12+,13-,14-/m1/s1. The lowest BCUT2D eigenvalue weighted by molar-refractivity contribution is -0.139. The molecule has 31 heavy (non-hydrogen) atoms. The summed E-state index contributed by atoms with van der Waals surface area (Å²) in [5.74, 6) is 0.152. The number of phosphoric ester groups is 1. The Balaban J connectivity index is 1.33. The third-order valence-electron chi connectivity index (χ3n) is 4.74. The van der Waals surface area contributed by atoms with Gasteiger partial charge in [-0.25, -0.2) is 14.2 Å². The van der Waals surface area contributed by atoms with E-state index in [1.54, 1.807) is 0 Å². The number of aromatic nitrogens is 4. The number of nitrogens with two attached hydrogens (primary N) is 2. The van der Waals surface area contributed by atoms with Crippen molar-refractivity contribution in [1.82, 2.24) is 19.1 Å². The fraction of sp³-hybridized carbons (Fsp3) is 0.500. The Morgan fingerprint density at radius 3 is 1.71 bits per heavy atom. The van der Waals surface area contributed by atoms with E-state index in [4.69, 9.17) is 30.0 Å². The summed E-state index contributed by atoms with van der Waals surface area (Å²) in [5.41, 5.74) is 9.71. The van der Waals surface area contributed by atoms with Crippen molar-refractivity contribution in [3.63, 3.8) is 0 Å². The van der Waals surface area contributed by atoms with Crippen LogP contribution < -0.4 is 22.8 Å². The van der Waals surface area contributed by atoms with Crippen LogP contribution in [-0.2, 0) is 23.1 Å². The maximum Gasteiger partial charge on any atom is 0.476 e. The molecule has 2 aliphatic heterocycles. The first-order valence-electron chi connectivity index (χ1n) is 9.40. The summed E-state index contributed by atoms with van der Waals surface area (Å²) in [6.45, 7) is 0. The molecule has 2 aromatic rings. The summed E-state index contributed by atoms with van der Waals surface area (Å²) < 4.78 is 36.0. The Bertz CT molecular complexity index is 1040. The van der Waals surface area contributed by atoms with Gasteiger partial charge in [0, 0.05) is 25.2 Å². The zero-order valence-electron chi connectivity index (χ0n) is 16.1. The van der Waals surface area contributed by atoms with Crippen LogP contribution >= 0.6 is 7.82 Å². The Hall–Kier alpha value is -2.61. The van der Waals surface area contributed by atoms with E-state index in [-0.39, 0.29) is 24.5 Å². The van der Waals surface area contributed by atoms with E-state index in [1.165, 1.54) is 33.7 Å². The van der Waals surface area contributed by atoms with Gasteiger partial charge in [-0.3, -0.25) is 18.2 Å². The highest BCUT2D eigenvalue weighted by atomic mass is 31.2. The summed E-state index contributed by atoms with van der Waals surface area (Å²) in [7, 11) is -4.56. The van der Waals surface area contributed by atoms with Gasteiger partial charge >= 0.3 is 19.2 Å². The van der Waals surface area contributed by atoms with Gasteiger partial charge in [0.05, 0.1) is 0 Å². The summed E-state index contributed by atoms with van der Waals surface area (Å²) in [6.07, 6.45) is 0.450. The number of anilines is 2. The van der Waals surface area contributed by atoms with Crippen molar-refractivity contribution < 1.29 is 28.0 Å². The molecule has 0 spiro atoms. The summed E-state index contributed by atoms with van der Waals surface area (Å²) in [6, 6.07) is 2.88. The van der Waals surface area contributed by atoms with Gasteiger partial charge in [-0.1, -0.05) is 0 Å². The molecule has 0 bridgehead atoms. The SMILES string of the molecule is Nc1ccn([C@@H]2CC[C@@H](OP(=O)(O)O[C@@H]3CC[C@H](n4ccc(N)nc4=O)O3)O2)c(=O)n1. The molecule has 0 aromatic carbocycles. The fourth-order valence-corrected chi connectivity index (χ4v) is 4.31. The van der Waals surface area contributed by atoms with Gasteiger partial charge in [0.2, 0.25) is 0 Å². The molecule has 0 aliphatic carbocycles. The molecule has 2 aromatic heterocycles. The van der Waals surface area contributed by atoms with Crippen LogP contribution in [0, 0.1) is 0 Å². The molecular weight excluding hydrogens is 435 g/mol. The van der Waals surface area contributed by atoms with Crippen molar-refractivity contribution in [2.75, 3.05) is 11.5 Å². The molecule has 0 saturated carbocycles. The monoisotopic (exact) mass is 456 g/mol. The van der Waals surface area contributed by atoms with Gasteiger partial charge in [0.15, 0.2) is 12.6 Å². The van der Waals surface area contributed by atoms with Crippen LogP contribution in [0.25, 0.3) is 0 Å². The number of ether oxygens (including phenoxy) is 2. The highest BCUT2D eigenvalue weighted by Crippen LogP contribution is 2.50. The predicted octanol–water partition coefficient (Wildman–Crippen LogP) is 0.0684. The molecule has 5 N–H and O–H groups in total. The Morgan fingerprint density at radius 2 is 1.32 bits per heavy atom. The van der Waals surface area contributed by atoms with Crippen LogP contribution in [0.5, 0.6) is 0 Å². The molecule has 2 saturated heterocycles. The molecule has 2 fully saturated rings. The number of phosphoric acid groups is 1. The lowest BCUT2D eigenvalue weighted by Crippen LogP contribution is -2.28. The van der Waals surface area contributed by atoms with Crippen LogP contribution in [0.1, 0.15) is 38.1 Å². The molecule has 5 atom stereocenters. The van der Waals surface area contributed by atoms with Crippen LogP contribution in [0.4, 0.5) is 11.6 Å². The highest BCUT2D eigenvalue weighted by molar-refractivity contribution is 7.47. The zero-order valence-corrected chi connectivity index (χ0v) is 17.0. The third kappa shape index (κ3) is 5.01. The molecular formula is C16H21N6O8P. The van der Waals surface area contributed by atoms with E-state index in [2.05, 4.69) is 9.97 Å². The number of hydrogen-bond acceptors (Lipinski definition) is 11. The molecule has 2 aliphatic rings. The number of rotatable bonds is 6. The fourth-order valence-electron chi connectivity index (χ4n) is 3.36. The number of hydrogen-bond donors (Lipinski definition) is 3. The number of nitrogen functional groups attached to an aromatic ring is 2. The molecule has 1 unspecified atom stereocenters. The first-order chi connectivity index (χ1) is 14.7. The summed E-state index contributed by atoms with van der Waals surface area (Å²) >= 11 is 0. The van der Waals surface area contributed by atoms with E-state index in [0.717, 1.165) is 0 Å². The summed E-state index contributed by atoms with van der Waals surface area (Å²) in [5, 5.41) is 0. The van der Waals surface area contributed by atoms with Gasteiger partial charge < -0.3 is 25.8 Å². The normalized spacial score (nSPS) is 27.9. The van der Waals surface area contributed by atoms with Crippen molar-refractivity contribution in [3.8, 4) is 0 Å². The van der Waals surface area contributed by atoms with E-state index in [9.17, 15) is 19.0 Å². The quantitative estimate of drug-likeness (QED) is 0.495. The van der Waals surface area contributed by atoms with Crippen molar-refractivity contribution in [2.45, 2.75) is 50.7 Å². The van der Waals surface area contributed by atoms with E-state index in [0.29, 0.717) is 12.8 Å². The minimum Gasteiger partial charge on any atom is -0.383 e. The second-order valence-electron chi connectivity index (χ2n) is 6.96. The van der Waals surface area contributed by atoms with E-state index in [1.807, 2.05) is 0 Å². The van der Waals surface area contributed by atoms with Gasteiger partial charge in [-0.2, -0.15) is 9.97 Å². The molecule has 15 heteroatoms. The van der Waals surface area contributed by atoms with Crippen LogP contribution in [0.15, 0.2) is 34.1 Å². The number of nitrogens with zero attached hydrogens (tertiary/aromatic N) is 4. The Kier molecular flexibility index (Phi) is 5.92. The maximum atomic E-state index is 12.4. The first kappa shape index (κ1) is 21.6. The predicted molar refractivity (Wildman–Crippen MR) is 104 cm³/mol. The molecule has 0 amide bonds. The zero-order chi connectivity index (χ0) is 22.2. The molecule has 0 radical (unpaired) electrons. The third-order valence-corrected chi connectivity index (χ3v) is 5.74. The minimum atomic E-state index is -4.56. The second-order valence-corrected chi connectivity index (χ2v) is 8.32.